The van der Waals surface area contributed by atoms with Crippen molar-refractivity contribution in [2.75, 3.05) is 0 Å². The minimum Gasteiger partial charge on any atom is -0.616 e. The lowest BCUT2D eigenvalue weighted by molar-refractivity contribution is 0.469. The van der Waals surface area contributed by atoms with Gasteiger partial charge in [-0.05, 0) is 57.6 Å². The summed E-state index contributed by atoms with van der Waals surface area (Å²) in [6.45, 7) is 6.24. The summed E-state index contributed by atoms with van der Waals surface area (Å²) in [5, 5.41) is 0.485. The second-order valence-corrected chi connectivity index (χ2v) is 7.16. The van der Waals surface area contributed by atoms with Gasteiger partial charge in [0.05, 0.1) is 0 Å². The van der Waals surface area contributed by atoms with E-state index >= 15 is 0 Å². The van der Waals surface area contributed by atoms with Gasteiger partial charge < -0.3 is 4.55 Å². The molecule has 0 aromatic heterocycles. The van der Waals surface area contributed by atoms with Crippen LogP contribution in [0.25, 0.3) is 0 Å². The molecule has 0 radical (unpaired) electrons. The highest BCUT2D eigenvalue weighted by molar-refractivity contribution is 7.93. The smallest absolute Gasteiger partial charge is 0.117 e. The van der Waals surface area contributed by atoms with E-state index in [2.05, 4.69) is 20.8 Å². The van der Waals surface area contributed by atoms with Crippen LogP contribution in [0.5, 0.6) is 0 Å². The normalized spacial score (nSPS) is 24.0. The quantitative estimate of drug-likeness (QED) is 0.580. The van der Waals surface area contributed by atoms with Gasteiger partial charge in [-0.3, -0.25) is 0 Å². The van der Waals surface area contributed by atoms with Gasteiger partial charge >= 0.3 is 0 Å². The maximum atomic E-state index is 11.9. The summed E-state index contributed by atoms with van der Waals surface area (Å²) in [6.07, 6.45) is 6.28. The molecule has 1 saturated carbocycles. The van der Waals surface area contributed by atoms with E-state index in [4.69, 9.17) is 0 Å². The van der Waals surface area contributed by atoms with Crippen molar-refractivity contribution < 1.29 is 4.55 Å². The molecule has 0 aromatic rings. The van der Waals surface area contributed by atoms with Crippen LogP contribution >= 0.6 is 0 Å². The van der Waals surface area contributed by atoms with E-state index in [0.29, 0.717) is 5.25 Å². The van der Waals surface area contributed by atoms with Gasteiger partial charge in [0.1, 0.15) is 10.00 Å². The van der Waals surface area contributed by atoms with Crippen molar-refractivity contribution in [3.05, 3.63) is 0 Å². The first-order chi connectivity index (χ1) is 5.52. The summed E-state index contributed by atoms with van der Waals surface area (Å²) >= 11 is -0.624. The molecule has 0 heterocycles. The highest BCUT2D eigenvalue weighted by Crippen LogP contribution is 2.30. The number of hydrogen-bond acceptors (Lipinski definition) is 1. The van der Waals surface area contributed by atoms with Crippen molar-refractivity contribution >= 4 is 11.2 Å². The van der Waals surface area contributed by atoms with E-state index < -0.39 is 11.2 Å². The lowest BCUT2D eigenvalue weighted by atomic mass is 10.0. The fraction of sp³-hybridized carbons (Fsp3) is 1.00. The van der Waals surface area contributed by atoms with Crippen molar-refractivity contribution in [2.45, 2.75) is 62.9 Å². The zero-order chi connectivity index (χ0) is 9.19. The predicted octanol–water partition coefficient (Wildman–Crippen LogP) is 2.87. The highest BCUT2D eigenvalue weighted by atomic mass is 32.2. The lowest BCUT2D eigenvalue weighted by Gasteiger charge is -2.33. The highest BCUT2D eigenvalue weighted by Gasteiger charge is 2.34. The van der Waals surface area contributed by atoms with Gasteiger partial charge in [-0.25, -0.2) is 0 Å². The first-order valence-corrected chi connectivity index (χ1v) is 6.14. The Morgan fingerprint density at radius 1 is 1.08 bits per heavy atom. The maximum absolute atomic E-state index is 11.9. The molecule has 1 nitrogen and oxygen atoms in total. The van der Waals surface area contributed by atoms with Gasteiger partial charge in [0.2, 0.25) is 0 Å². The van der Waals surface area contributed by atoms with E-state index in [9.17, 15) is 4.55 Å². The molecule has 1 unspecified atom stereocenters. The van der Waals surface area contributed by atoms with Crippen LogP contribution in [0.4, 0.5) is 0 Å². The number of rotatable bonds is 1. The molecule has 0 N–H and O–H groups in total. The molecular weight excluding hydrogens is 168 g/mol. The molecule has 1 aliphatic rings. The summed E-state index contributed by atoms with van der Waals surface area (Å²) in [6, 6.07) is 0. The third kappa shape index (κ3) is 2.67. The van der Waals surface area contributed by atoms with Gasteiger partial charge in [0.15, 0.2) is 0 Å². The van der Waals surface area contributed by atoms with Crippen LogP contribution in [0.2, 0.25) is 0 Å². The third-order valence-electron chi connectivity index (χ3n) is 2.46. The van der Waals surface area contributed by atoms with Crippen LogP contribution in [-0.4, -0.2) is 14.5 Å². The van der Waals surface area contributed by atoms with Crippen LogP contribution in [0.1, 0.15) is 52.9 Å². The van der Waals surface area contributed by atoms with Gasteiger partial charge in [-0.2, -0.15) is 0 Å². The fourth-order valence-corrected chi connectivity index (χ4v) is 3.54. The Bertz CT molecular complexity index is 133. The Labute approximate surface area is 79.1 Å². The molecule has 1 atom stereocenters. The van der Waals surface area contributed by atoms with Crippen molar-refractivity contribution in [3.8, 4) is 0 Å². The zero-order valence-electron chi connectivity index (χ0n) is 8.43. The molecule has 0 saturated heterocycles. The van der Waals surface area contributed by atoms with E-state index in [1.165, 1.54) is 32.1 Å². The third-order valence-corrected chi connectivity index (χ3v) is 4.74. The first-order valence-electron chi connectivity index (χ1n) is 4.92. The minimum atomic E-state index is -0.624. The summed E-state index contributed by atoms with van der Waals surface area (Å²) < 4.78 is 11.9. The van der Waals surface area contributed by atoms with Crippen LogP contribution in [0, 0.1) is 0 Å². The SMILES string of the molecule is CC(C)(C)[S+]([O-])C1CCCCC1. The number of hydrogen-bond donors (Lipinski definition) is 0. The van der Waals surface area contributed by atoms with Crippen LogP contribution < -0.4 is 0 Å². The Morgan fingerprint density at radius 2 is 1.58 bits per heavy atom. The molecule has 0 aromatic carbocycles. The van der Waals surface area contributed by atoms with Crippen molar-refractivity contribution in [3.63, 3.8) is 0 Å². The average molecular weight is 188 g/mol. The van der Waals surface area contributed by atoms with E-state index in [1.807, 2.05) is 0 Å². The van der Waals surface area contributed by atoms with E-state index in [1.54, 1.807) is 0 Å². The monoisotopic (exact) mass is 188 g/mol. The molecule has 2 heteroatoms. The van der Waals surface area contributed by atoms with Crippen LogP contribution in [0.3, 0.4) is 0 Å². The minimum absolute atomic E-state index is 0.0119. The van der Waals surface area contributed by atoms with Gasteiger partial charge in [-0.1, -0.05) is 6.42 Å². The lowest BCUT2D eigenvalue weighted by Crippen LogP contribution is -2.38. The fourth-order valence-electron chi connectivity index (χ4n) is 1.78. The second kappa shape index (κ2) is 4.01. The zero-order valence-corrected chi connectivity index (χ0v) is 9.25. The van der Waals surface area contributed by atoms with E-state index in [-0.39, 0.29) is 4.75 Å². The summed E-state index contributed by atoms with van der Waals surface area (Å²) in [5.41, 5.74) is 0. The first kappa shape index (κ1) is 10.4. The summed E-state index contributed by atoms with van der Waals surface area (Å²) in [5.74, 6) is 0. The molecule has 1 fully saturated rings. The van der Waals surface area contributed by atoms with Crippen molar-refractivity contribution in [2.24, 2.45) is 0 Å². The van der Waals surface area contributed by atoms with Crippen molar-refractivity contribution in [1.82, 2.24) is 0 Å². The molecule has 1 aliphatic carbocycles. The van der Waals surface area contributed by atoms with Gasteiger partial charge in [0.25, 0.3) is 0 Å². The molecular formula is C10H20OS. The van der Waals surface area contributed by atoms with Gasteiger partial charge in [-0.15, -0.1) is 0 Å². The molecule has 12 heavy (non-hydrogen) atoms. The van der Waals surface area contributed by atoms with Gasteiger partial charge in [0, 0.05) is 0 Å². The Morgan fingerprint density at radius 3 is 2.00 bits per heavy atom. The van der Waals surface area contributed by atoms with Crippen LogP contribution in [-0.2, 0) is 11.2 Å². The topological polar surface area (TPSA) is 23.1 Å². The Hall–Kier alpha value is 0.310. The van der Waals surface area contributed by atoms with E-state index in [0.717, 1.165) is 0 Å². The molecule has 0 bridgehead atoms. The largest absolute Gasteiger partial charge is 0.616 e. The molecule has 0 amide bonds. The predicted molar refractivity (Wildman–Crippen MR) is 54.8 cm³/mol. The Balaban J connectivity index is 2.45. The molecule has 0 aliphatic heterocycles. The van der Waals surface area contributed by atoms with Crippen LogP contribution in [0.15, 0.2) is 0 Å². The second-order valence-electron chi connectivity index (χ2n) is 4.67. The van der Waals surface area contributed by atoms with Crippen molar-refractivity contribution in [1.29, 1.82) is 0 Å². The molecule has 1 rings (SSSR count). The standard InChI is InChI=1S/C10H20OS/c1-10(2,3)12(11)9-7-5-4-6-8-9/h9H,4-8H2,1-3H3. The molecule has 0 spiro atoms. The molecule has 72 valence electrons. The maximum Gasteiger partial charge on any atom is 0.117 e. The summed E-state index contributed by atoms with van der Waals surface area (Å²) in [7, 11) is 0. The summed E-state index contributed by atoms with van der Waals surface area (Å²) in [4.78, 5) is 0. The average Bonchev–Trinajstić information content (AvgIpc) is 2.03. The Kier molecular flexibility index (Phi) is 3.47.